The zero-order chi connectivity index (χ0) is 24.5. The van der Waals surface area contributed by atoms with Gasteiger partial charge in [0.2, 0.25) is 0 Å². The number of hydrogen-bond acceptors (Lipinski definition) is 7. The molecule has 2 aromatic heterocycles. The molecule has 3 N–H and O–H groups in total. The summed E-state index contributed by atoms with van der Waals surface area (Å²) in [5.74, 6) is 0.665. The summed E-state index contributed by atoms with van der Waals surface area (Å²) in [6, 6.07) is 12.9. The topological polar surface area (TPSA) is 90.4 Å². The van der Waals surface area contributed by atoms with Crippen molar-refractivity contribution in [3.8, 4) is 16.9 Å². The second-order valence-electron chi connectivity index (χ2n) is 8.39. The summed E-state index contributed by atoms with van der Waals surface area (Å²) in [4.78, 5) is 23.8. The molecule has 5 rings (SSSR count). The molecule has 4 aromatic rings. The maximum Gasteiger partial charge on any atom is 0.163 e. The summed E-state index contributed by atoms with van der Waals surface area (Å²) in [7, 11) is 0. The van der Waals surface area contributed by atoms with Gasteiger partial charge in [-0.05, 0) is 54.4 Å². The van der Waals surface area contributed by atoms with E-state index in [9.17, 15) is 9.90 Å². The molecular formula is C26H24Cl3N5O2. The Morgan fingerprint density at radius 3 is 2.36 bits per heavy atom. The number of piperazine rings is 1. The number of anilines is 3. The van der Waals surface area contributed by atoms with Gasteiger partial charge in [0.15, 0.2) is 11.5 Å². The lowest BCUT2D eigenvalue weighted by atomic mass is 10.00. The zero-order valence-electron chi connectivity index (χ0n) is 19.4. The predicted molar refractivity (Wildman–Crippen MR) is 149 cm³/mol. The van der Waals surface area contributed by atoms with Gasteiger partial charge in [-0.25, -0.2) is 4.98 Å². The molecule has 10 heteroatoms. The standard InChI is InChI=1S/C26H23Cl2N5O2.ClH/c1-15(34)20-14-30-23-4-2-16(17-11-21(27)26(35)22(28)12-17)10-19(23)25(20)32-18-3-5-24(31-13-18)33-8-6-29-7-9-33;/h2-5,10-14,29,35H,6-9H2,1H3,(H,30,32);1H. The largest absolute Gasteiger partial charge is 0.505 e. The number of carbonyl (C=O) groups excluding carboxylic acids is 1. The molecule has 0 atom stereocenters. The van der Waals surface area contributed by atoms with Crippen molar-refractivity contribution in [1.29, 1.82) is 0 Å². The molecule has 0 radical (unpaired) electrons. The lowest BCUT2D eigenvalue weighted by Gasteiger charge is -2.28. The van der Waals surface area contributed by atoms with Crippen LogP contribution in [0.5, 0.6) is 5.75 Å². The number of aromatic hydroxyl groups is 1. The molecule has 36 heavy (non-hydrogen) atoms. The van der Waals surface area contributed by atoms with Gasteiger partial charge in [0.05, 0.1) is 38.7 Å². The van der Waals surface area contributed by atoms with Crippen LogP contribution in [-0.2, 0) is 0 Å². The number of carbonyl (C=O) groups is 1. The number of phenols is 1. The van der Waals surface area contributed by atoms with Crippen molar-refractivity contribution >= 4 is 69.5 Å². The van der Waals surface area contributed by atoms with E-state index < -0.39 is 0 Å². The van der Waals surface area contributed by atoms with Crippen molar-refractivity contribution in [2.75, 3.05) is 36.4 Å². The molecule has 0 unspecified atom stereocenters. The predicted octanol–water partition coefficient (Wildman–Crippen LogP) is 6.09. The summed E-state index contributed by atoms with van der Waals surface area (Å²) in [5, 5.41) is 17.8. The number of rotatable bonds is 5. The maximum atomic E-state index is 12.5. The van der Waals surface area contributed by atoms with E-state index in [1.54, 1.807) is 24.5 Å². The number of fused-ring (bicyclic) bond motifs is 1. The van der Waals surface area contributed by atoms with Gasteiger partial charge in [0.1, 0.15) is 5.82 Å². The fraction of sp³-hybridized carbons (Fsp3) is 0.192. The van der Waals surface area contributed by atoms with E-state index >= 15 is 0 Å². The van der Waals surface area contributed by atoms with Crippen LogP contribution in [-0.4, -0.2) is 47.0 Å². The van der Waals surface area contributed by atoms with Crippen molar-refractivity contribution in [3.05, 3.63) is 70.5 Å². The first kappa shape index (κ1) is 26.0. The average Bonchev–Trinajstić information content (AvgIpc) is 2.87. The van der Waals surface area contributed by atoms with Crippen LogP contribution < -0.4 is 15.5 Å². The minimum absolute atomic E-state index is 0. The Morgan fingerprint density at radius 2 is 1.72 bits per heavy atom. The highest BCUT2D eigenvalue weighted by molar-refractivity contribution is 6.37. The second kappa shape index (κ2) is 10.9. The van der Waals surface area contributed by atoms with E-state index in [0.717, 1.165) is 59.7 Å². The molecule has 1 aliphatic rings. The molecule has 0 bridgehead atoms. The first-order valence-corrected chi connectivity index (χ1v) is 12.0. The Balaban J connectivity index is 0.00000304. The number of aromatic nitrogens is 2. The molecule has 0 aliphatic carbocycles. The highest BCUT2D eigenvalue weighted by Gasteiger charge is 2.16. The fourth-order valence-electron chi connectivity index (χ4n) is 4.19. The average molecular weight is 545 g/mol. The molecule has 3 heterocycles. The van der Waals surface area contributed by atoms with Crippen LogP contribution >= 0.6 is 35.6 Å². The molecular weight excluding hydrogens is 521 g/mol. The Hall–Kier alpha value is -3.10. The van der Waals surface area contributed by atoms with Gasteiger partial charge in [0.25, 0.3) is 0 Å². The number of nitrogens with zero attached hydrogens (tertiary/aromatic N) is 3. The molecule has 0 spiro atoms. The summed E-state index contributed by atoms with van der Waals surface area (Å²) < 4.78 is 0. The van der Waals surface area contributed by atoms with Crippen molar-refractivity contribution < 1.29 is 9.90 Å². The minimum atomic E-state index is -0.155. The molecule has 1 fully saturated rings. The molecule has 1 aliphatic heterocycles. The lowest BCUT2D eigenvalue weighted by Crippen LogP contribution is -2.43. The smallest absolute Gasteiger partial charge is 0.163 e. The molecule has 2 aromatic carbocycles. The molecule has 0 amide bonds. The maximum absolute atomic E-state index is 12.5. The molecule has 186 valence electrons. The summed E-state index contributed by atoms with van der Waals surface area (Å²) >= 11 is 12.3. The van der Waals surface area contributed by atoms with Crippen LogP contribution in [0.2, 0.25) is 10.0 Å². The second-order valence-corrected chi connectivity index (χ2v) is 9.21. The molecule has 1 saturated heterocycles. The van der Waals surface area contributed by atoms with Crippen LogP contribution in [0.3, 0.4) is 0 Å². The number of ketones is 1. The van der Waals surface area contributed by atoms with E-state index in [0.29, 0.717) is 11.3 Å². The van der Waals surface area contributed by atoms with Crippen LogP contribution in [0.4, 0.5) is 17.2 Å². The highest BCUT2D eigenvalue weighted by Crippen LogP contribution is 2.38. The number of nitrogens with one attached hydrogen (secondary N) is 2. The summed E-state index contributed by atoms with van der Waals surface area (Å²) in [6.07, 6.45) is 3.36. The van der Waals surface area contributed by atoms with Gasteiger partial charge < -0.3 is 20.6 Å². The van der Waals surface area contributed by atoms with Gasteiger partial charge in [-0.15, -0.1) is 12.4 Å². The third-order valence-corrected chi connectivity index (χ3v) is 6.63. The Morgan fingerprint density at radius 1 is 1.00 bits per heavy atom. The van der Waals surface area contributed by atoms with E-state index in [2.05, 4.69) is 25.5 Å². The zero-order valence-corrected chi connectivity index (χ0v) is 21.7. The number of halogens is 3. The van der Waals surface area contributed by atoms with Gasteiger partial charge in [-0.1, -0.05) is 29.3 Å². The number of pyridine rings is 2. The van der Waals surface area contributed by atoms with Crippen LogP contribution in [0.15, 0.2) is 54.9 Å². The van der Waals surface area contributed by atoms with Crippen LogP contribution in [0, 0.1) is 0 Å². The Labute approximate surface area is 224 Å². The third kappa shape index (κ3) is 5.20. The quantitative estimate of drug-likeness (QED) is 0.262. The Kier molecular flexibility index (Phi) is 7.85. The van der Waals surface area contributed by atoms with Crippen LogP contribution in [0.25, 0.3) is 22.0 Å². The number of hydrogen-bond donors (Lipinski definition) is 3. The van der Waals surface area contributed by atoms with Gasteiger partial charge in [-0.2, -0.15) is 0 Å². The fourth-order valence-corrected chi connectivity index (χ4v) is 4.68. The van der Waals surface area contributed by atoms with Crippen molar-refractivity contribution in [2.24, 2.45) is 0 Å². The summed E-state index contributed by atoms with van der Waals surface area (Å²) in [6.45, 7) is 5.22. The van der Waals surface area contributed by atoms with Gasteiger partial charge in [-0.3, -0.25) is 9.78 Å². The third-order valence-electron chi connectivity index (χ3n) is 6.06. The van der Waals surface area contributed by atoms with Crippen LogP contribution in [0.1, 0.15) is 17.3 Å². The molecule has 7 nitrogen and oxygen atoms in total. The monoisotopic (exact) mass is 543 g/mol. The summed E-state index contributed by atoms with van der Waals surface area (Å²) in [5.41, 5.74) is 4.17. The van der Waals surface area contributed by atoms with E-state index in [1.807, 2.05) is 30.3 Å². The van der Waals surface area contributed by atoms with Crippen molar-refractivity contribution in [1.82, 2.24) is 15.3 Å². The minimum Gasteiger partial charge on any atom is -0.505 e. The van der Waals surface area contributed by atoms with Gasteiger partial charge >= 0.3 is 0 Å². The lowest BCUT2D eigenvalue weighted by molar-refractivity contribution is 0.101. The molecule has 0 saturated carbocycles. The Bertz CT molecular complexity index is 1400. The van der Waals surface area contributed by atoms with Gasteiger partial charge in [0, 0.05) is 37.8 Å². The van der Waals surface area contributed by atoms with E-state index in [1.165, 1.54) is 6.92 Å². The first-order valence-electron chi connectivity index (χ1n) is 11.2. The van der Waals surface area contributed by atoms with E-state index in [4.69, 9.17) is 23.2 Å². The van der Waals surface area contributed by atoms with Crippen molar-refractivity contribution in [3.63, 3.8) is 0 Å². The number of phenolic OH excluding ortho intramolecular Hbond substituents is 1. The van der Waals surface area contributed by atoms with E-state index in [-0.39, 0.29) is 34.0 Å². The number of benzene rings is 2. The normalized spacial score (nSPS) is 13.4. The van der Waals surface area contributed by atoms with Crippen molar-refractivity contribution in [2.45, 2.75) is 6.92 Å². The highest BCUT2D eigenvalue weighted by atomic mass is 35.5. The number of Topliss-reactive ketones (excluding diaryl/α,β-unsaturated/α-hetero) is 1. The first-order chi connectivity index (χ1) is 16.9. The SMILES string of the molecule is CC(=O)c1cnc2ccc(-c3cc(Cl)c(O)c(Cl)c3)cc2c1Nc1ccc(N2CCNCC2)nc1.Cl.